The smallest absolute Gasteiger partial charge is 0.174 e. The summed E-state index contributed by atoms with van der Waals surface area (Å²) in [5.41, 5.74) is 2.11. The number of hydrogen-bond donors (Lipinski definition) is 1. The van der Waals surface area contributed by atoms with Crippen LogP contribution in [0.3, 0.4) is 0 Å². The molecule has 23 heavy (non-hydrogen) atoms. The first-order chi connectivity index (χ1) is 11.1. The summed E-state index contributed by atoms with van der Waals surface area (Å²) in [5, 5.41) is 8.52. The number of aromatic nitrogens is 3. The van der Waals surface area contributed by atoms with Crippen LogP contribution in [0, 0.1) is 6.92 Å². The molecule has 2 aromatic heterocycles. The van der Waals surface area contributed by atoms with Gasteiger partial charge in [-0.15, -0.1) is 0 Å². The molecule has 0 aromatic carbocycles. The van der Waals surface area contributed by atoms with Crippen LogP contribution < -0.4 is 5.32 Å². The van der Waals surface area contributed by atoms with Gasteiger partial charge in [0.15, 0.2) is 11.7 Å². The third kappa shape index (κ3) is 2.49. The van der Waals surface area contributed by atoms with Crippen LogP contribution in [0.1, 0.15) is 17.3 Å². The minimum Gasteiger partial charge on any atom is -0.327 e. The number of halogens is 1. The van der Waals surface area contributed by atoms with Crippen molar-refractivity contribution < 1.29 is 0 Å². The fraction of sp³-hybridized carbons (Fsp3) is 0.286. The molecule has 0 radical (unpaired) electrons. The summed E-state index contributed by atoms with van der Waals surface area (Å²) in [7, 11) is 1.92. The molecule has 0 saturated carbocycles. The molecule has 0 amide bonds. The van der Waals surface area contributed by atoms with Crippen LogP contribution in [0.2, 0.25) is 0 Å². The van der Waals surface area contributed by atoms with Crippen LogP contribution in [0.4, 0.5) is 5.00 Å². The Bertz CT molecular complexity index is 847. The number of fused-ring (bicyclic) bond motifs is 1. The number of rotatable bonds is 2. The van der Waals surface area contributed by atoms with E-state index in [0.29, 0.717) is 6.54 Å². The van der Waals surface area contributed by atoms with Gasteiger partial charge in [0.25, 0.3) is 0 Å². The van der Waals surface area contributed by atoms with Crippen LogP contribution in [0.25, 0.3) is 0 Å². The Balaban J connectivity index is 1.59. The minimum atomic E-state index is 0.161. The second-order valence-electron chi connectivity index (χ2n) is 5.35. The molecule has 4 heterocycles. The zero-order valence-electron chi connectivity index (χ0n) is 12.6. The van der Waals surface area contributed by atoms with Crippen molar-refractivity contribution in [1.82, 2.24) is 19.1 Å². The highest BCUT2D eigenvalue weighted by atomic mass is 79.9. The van der Waals surface area contributed by atoms with Gasteiger partial charge in [0.2, 0.25) is 0 Å². The maximum atomic E-state index is 4.67. The highest BCUT2D eigenvalue weighted by molar-refractivity contribution is 9.10. The molecule has 0 saturated heterocycles. The summed E-state index contributed by atoms with van der Waals surface area (Å²) in [6, 6.07) is 0.161. The second-order valence-corrected chi connectivity index (χ2v) is 6.91. The molecule has 118 valence electrons. The van der Waals surface area contributed by atoms with E-state index in [9.17, 15) is 0 Å². The molecule has 0 aliphatic carbocycles. The van der Waals surface area contributed by atoms with Gasteiger partial charge < -0.3 is 10.2 Å². The number of nitrogens with zero attached hydrogens (tertiary/aromatic N) is 6. The van der Waals surface area contributed by atoms with E-state index in [4.69, 9.17) is 0 Å². The molecule has 7 nitrogen and oxygen atoms in total. The van der Waals surface area contributed by atoms with Crippen molar-refractivity contribution in [3.8, 4) is 0 Å². The number of aryl methyl sites for hydroxylation is 2. The van der Waals surface area contributed by atoms with Gasteiger partial charge in [0.05, 0.1) is 29.0 Å². The van der Waals surface area contributed by atoms with Crippen molar-refractivity contribution in [2.45, 2.75) is 13.0 Å². The minimum absolute atomic E-state index is 0.161. The van der Waals surface area contributed by atoms with E-state index in [1.54, 1.807) is 6.20 Å². The average molecular weight is 392 g/mol. The van der Waals surface area contributed by atoms with Crippen molar-refractivity contribution in [2.75, 3.05) is 11.9 Å². The summed E-state index contributed by atoms with van der Waals surface area (Å²) in [6.45, 7) is 2.65. The Morgan fingerprint density at radius 1 is 1.43 bits per heavy atom. The fourth-order valence-electron chi connectivity index (χ4n) is 2.61. The molecular formula is C14H14BrN7S. The Labute approximate surface area is 145 Å². The first-order valence-corrected chi connectivity index (χ1v) is 8.65. The van der Waals surface area contributed by atoms with Crippen molar-refractivity contribution in [2.24, 2.45) is 17.0 Å². The number of anilines is 1. The van der Waals surface area contributed by atoms with E-state index in [0.717, 1.165) is 32.4 Å². The normalized spacial score (nSPS) is 19.6. The lowest BCUT2D eigenvalue weighted by Gasteiger charge is -2.26. The summed E-state index contributed by atoms with van der Waals surface area (Å²) < 4.78 is 7.10. The van der Waals surface area contributed by atoms with E-state index < -0.39 is 0 Å². The number of aliphatic imine (C=N–C) groups is 2. The largest absolute Gasteiger partial charge is 0.327 e. The highest BCUT2D eigenvalue weighted by Gasteiger charge is 2.33. The van der Waals surface area contributed by atoms with Crippen molar-refractivity contribution >= 4 is 44.1 Å². The van der Waals surface area contributed by atoms with E-state index in [1.165, 1.54) is 11.5 Å². The molecule has 1 atom stereocenters. The molecule has 2 aliphatic heterocycles. The van der Waals surface area contributed by atoms with Gasteiger partial charge in [-0.2, -0.15) is 9.47 Å². The lowest BCUT2D eigenvalue weighted by Crippen LogP contribution is -2.37. The first-order valence-electron chi connectivity index (χ1n) is 7.08. The molecule has 1 unspecified atom stereocenters. The molecular weight excluding hydrogens is 378 g/mol. The van der Waals surface area contributed by atoms with Gasteiger partial charge in [0, 0.05) is 31.2 Å². The Morgan fingerprint density at radius 3 is 3.00 bits per heavy atom. The number of hydrogen-bond acceptors (Lipinski definition) is 7. The topological polar surface area (TPSA) is 70.7 Å². The van der Waals surface area contributed by atoms with Crippen LogP contribution >= 0.6 is 27.5 Å². The zero-order chi connectivity index (χ0) is 16.0. The molecule has 4 rings (SSSR count). The predicted octanol–water partition coefficient (Wildman–Crippen LogP) is 2.70. The van der Waals surface area contributed by atoms with Crippen LogP contribution in [0.5, 0.6) is 0 Å². The first kappa shape index (κ1) is 14.6. The molecule has 0 bridgehead atoms. The summed E-state index contributed by atoms with van der Waals surface area (Å²) in [5.74, 6) is 1.59. The van der Waals surface area contributed by atoms with Crippen LogP contribution in [0.15, 0.2) is 39.3 Å². The van der Waals surface area contributed by atoms with Crippen LogP contribution in [-0.4, -0.2) is 37.3 Å². The Morgan fingerprint density at radius 2 is 2.30 bits per heavy atom. The SMILES string of the molecule is Cc1nsc(NC2=NC=CN3C2=NCC3c2cnn(C)c2)c1Br. The zero-order valence-corrected chi connectivity index (χ0v) is 15.0. The quantitative estimate of drug-likeness (QED) is 0.853. The van der Waals surface area contributed by atoms with Gasteiger partial charge in [-0.25, -0.2) is 4.99 Å². The molecule has 1 N–H and O–H groups in total. The second kappa shape index (κ2) is 5.57. The maximum Gasteiger partial charge on any atom is 0.174 e. The van der Waals surface area contributed by atoms with Gasteiger partial charge >= 0.3 is 0 Å². The van der Waals surface area contributed by atoms with Gasteiger partial charge in [0.1, 0.15) is 5.00 Å². The number of nitrogens with one attached hydrogen (secondary N) is 1. The molecule has 9 heteroatoms. The van der Waals surface area contributed by atoms with E-state index >= 15 is 0 Å². The summed E-state index contributed by atoms with van der Waals surface area (Å²) >= 11 is 4.95. The lowest BCUT2D eigenvalue weighted by molar-refractivity contribution is 0.458. The standard InChI is InChI=1S/C14H14BrN7S/c1-8-11(15)14(23-20-8)19-12-13-17-6-10(22(13)4-3-16-12)9-5-18-21(2)7-9/h3-5,7,10H,6H2,1-2H3,(H,16,19). The van der Waals surface area contributed by atoms with Crippen molar-refractivity contribution in [1.29, 1.82) is 0 Å². The third-order valence-electron chi connectivity index (χ3n) is 3.77. The molecule has 2 aromatic rings. The maximum absolute atomic E-state index is 4.67. The monoisotopic (exact) mass is 391 g/mol. The summed E-state index contributed by atoms with van der Waals surface area (Å²) in [6.07, 6.45) is 7.66. The number of amidine groups is 2. The third-order valence-corrected chi connectivity index (χ3v) is 5.86. The molecule has 0 fully saturated rings. The van der Waals surface area contributed by atoms with Gasteiger partial charge in [-0.3, -0.25) is 9.67 Å². The lowest BCUT2D eigenvalue weighted by atomic mass is 10.1. The predicted molar refractivity (Wildman–Crippen MR) is 94.8 cm³/mol. The Kier molecular flexibility index (Phi) is 3.53. The summed E-state index contributed by atoms with van der Waals surface area (Å²) in [4.78, 5) is 11.2. The van der Waals surface area contributed by atoms with Crippen LogP contribution in [-0.2, 0) is 7.05 Å². The van der Waals surface area contributed by atoms with Gasteiger partial charge in [-0.1, -0.05) is 0 Å². The molecule has 0 spiro atoms. The Hall–Kier alpha value is -2.00. The highest BCUT2D eigenvalue weighted by Crippen LogP contribution is 2.32. The van der Waals surface area contributed by atoms with Crippen molar-refractivity contribution in [3.05, 3.63) is 40.5 Å². The van der Waals surface area contributed by atoms with Crippen molar-refractivity contribution in [3.63, 3.8) is 0 Å². The van der Waals surface area contributed by atoms with E-state index in [1.807, 2.05) is 37.2 Å². The fourth-order valence-corrected chi connectivity index (χ4v) is 3.82. The average Bonchev–Trinajstić information content (AvgIpc) is 3.23. The van der Waals surface area contributed by atoms with E-state index in [-0.39, 0.29) is 6.04 Å². The molecule has 2 aliphatic rings. The van der Waals surface area contributed by atoms with Gasteiger partial charge in [-0.05, 0) is 34.4 Å². The van der Waals surface area contributed by atoms with E-state index in [2.05, 4.69) is 45.6 Å².